The number of hydrogen-bond donors (Lipinski definition) is 2. The Bertz CT molecular complexity index is 293. The Hall–Kier alpha value is -0.150. The molecule has 0 spiro atoms. The highest BCUT2D eigenvalue weighted by molar-refractivity contribution is 7.80. The third kappa shape index (κ3) is 10.3. The van der Waals surface area contributed by atoms with Crippen molar-refractivity contribution < 1.29 is 10.2 Å². The number of unbranched alkanes of at least 4 members (excludes halogenated alkanes) is 10. The van der Waals surface area contributed by atoms with Gasteiger partial charge in [0.1, 0.15) is 5.60 Å². The van der Waals surface area contributed by atoms with Crippen LogP contribution in [-0.4, -0.2) is 20.9 Å². The Morgan fingerprint density at radius 2 is 1.26 bits per heavy atom. The van der Waals surface area contributed by atoms with Gasteiger partial charge in [-0.3, -0.25) is 0 Å². The number of thiocarbonyl (C=S) groups is 1. The average molecular weight is 345 g/mol. The van der Waals surface area contributed by atoms with E-state index in [4.69, 9.17) is 12.2 Å². The summed E-state index contributed by atoms with van der Waals surface area (Å²) >= 11 is 4.91. The van der Waals surface area contributed by atoms with E-state index in [2.05, 4.69) is 13.8 Å². The fourth-order valence-electron chi connectivity index (χ4n) is 3.19. The largest absolute Gasteiger partial charge is 0.500 e. The van der Waals surface area contributed by atoms with Gasteiger partial charge in [0.05, 0.1) is 0 Å². The van der Waals surface area contributed by atoms with Crippen molar-refractivity contribution in [2.24, 2.45) is 5.92 Å². The van der Waals surface area contributed by atoms with E-state index in [1.54, 1.807) is 0 Å². The predicted molar refractivity (Wildman–Crippen MR) is 105 cm³/mol. The molecule has 0 bridgehead atoms. The number of hydrogen-bond acceptors (Lipinski definition) is 2. The van der Waals surface area contributed by atoms with Crippen LogP contribution in [0.3, 0.4) is 0 Å². The highest BCUT2D eigenvalue weighted by Gasteiger charge is 2.37. The van der Waals surface area contributed by atoms with Crippen LogP contribution in [-0.2, 0) is 0 Å². The Morgan fingerprint density at radius 3 is 1.70 bits per heavy atom. The summed E-state index contributed by atoms with van der Waals surface area (Å²) in [5.41, 5.74) is -1.16. The minimum absolute atomic E-state index is 0.0422. The van der Waals surface area contributed by atoms with Gasteiger partial charge in [0.15, 0.2) is 5.05 Å². The molecule has 0 saturated heterocycles. The third-order valence-electron chi connectivity index (χ3n) is 5.09. The molecule has 0 aliphatic carbocycles. The minimum Gasteiger partial charge on any atom is -0.500 e. The lowest BCUT2D eigenvalue weighted by Gasteiger charge is -2.32. The number of aliphatic hydroxyl groups excluding tert-OH is 1. The highest BCUT2D eigenvalue weighted by atomic mass is 32.1. The van der Waals surface area contributed by atoms with Crippen LogP contribution in [0, 0.1) is 5.92 Å². The number of rotatable bonds is 16. The zero-order valence-corrected chi connectivity index (χ0v) is 16.6. The molecule has 0 aliphatic heterocycles. The molecular formula is C20H40O2S. The van der Waals surface area contributed by atoms with E-state index in [9.17, 15) is 10.2 Å². The van der Waals surface area contributed by atoms with Gasteiger partial charge in [-0.15, -0.1) is 0 Å². The van der Waals surface area contributed by atoms with Gasteiger partial charge in [0.25, 0.3) is 0 Å². The summed E-state index contributed by atoms with van der Waals surface area (Å²) in [7, 11) is 0. The third-order valence-corrected chi connectivity index (χ3v) is 5.44. The SMILES string of the molecule is CCCCCCCCCCCC[C@H](C)[C@@](O)(CCCC)C(O)=S. The molecule has 0 heterocycles. The van der Waals surface area contributed by atoms with Crippen LogP contribution in [0.4, 0.5) is 0 Å². The summed E-state index contributed by atoms with van der Waals surface area (Å²) in [5, 5.41) is 20.1. The maximum Gasteiger partial charge on any atom is 0.189 e. The molecule has 0 aromatic rings. The molecule has 0 saturated carbocycles. The average Bonchev–Trinajstić information content (AvgIpc) is 2.53. The summed E-state index contributed by atoms with van der Waals surface area (Å²) in [6, 6.07) is 0. The second-order valence-corrected chi connectivity index (χ2v) is 7.59. The van der Waals surface area contributed by atoms with Gasteiger partial charge < -0.3 is 10.2 Å². The van der Waals surface area contributed by atoms with Gasteiger partial charge in [-0.1, -0.05) is 97.8 Å². The zero-order chi connectivity index (χ0) is 17.6. The van der Waals surface area contributed by atoms with Gasteiger partial charge >= 0.3 is 0 Å². The molecule has 138 valence electrons. The van der Waals surface area contributed by atoms with Crippen LogP contribution in [0.25, 0.3) is 0 Å². The Labute approximate surface area is 150 Å². The van der Waals surface area contributed by atoms with Crippen molar-refractivity contribution in [3.8, 4) is 0 Å². The van der Waals surface area contributed by atoms with Crippen LogP contribution in [0.15, 0.2) is 0 Å². The van der Waals surface area contributed by atoms with Crippen LogP contribution in [0.5, 0.6) is 0 Å². The van der Waals surface area contributed by atoms with E-state index in [-0.39, 0.29) is 11.0 Å². The lowest BCUT2D eigenvalue weighted by molar-refractivity contribution is 0.0279. The second-order valence-electron chi connectivity index (χ2n) is 7.20. The highest BCUT2D eigenvalue weighted by Crippen LogP contribution is 2.29. The van der Waals surface area contributed by atoms with Crippen LogP contribution >= 0.6 is 12.2 Å². The van der Waals surface area contributed by atoms with Crippen LogP contribution in [0.2, 0.25) is 0 Å². The van der Waals surface area contributed by atoms with Crippen molar-refractivity contribution >= 4 is 17.3 Å². The van der Waals surface area contributed by atoms with Crippen molar-refractivity contribution in [3.63, 3.8) is 0 Å². The maximum atomic E-state index is 10.6. The Morgan fingerprint density at radius 1 is 0.826 bits per heavy atom. The van der Waals surface area contributed by atoms with Crippen molar-refractivity contribution in [1.82, 2.24) is 0 Å². The normalized spacial score (nSPS) is 15.3. The van der Waals surface area contributed by atoms with Gasteiger partial charge in [-0.25, -0.2) is 0 Å². The maximum absolute atomic E-state index is 10.6. The van der Waals surface area contributed by atoms with E-state index in [0.29, 0.717) is 6.42 Å². The lowest BCUT2D eigenvalue weighted by Crippen LogP contribution is -2.43. The van der Waals surface area contributed by atoms with Gasteiger partial charge in [-0.2, -0.15) is 0 Å². The lowest BCUT2D eigenvalue weighted by atomic mass is 9.81. The monoisotopic (exact) mass is 344 g/mol. The summed E-state index contributed by atoms with van der Waals surface area (Å²) in [6.07, 6.45) is 16.6. The van der Waals surface area contributed by atoms with Gasteiger partial charge in [-0.05, 0) is 31.0 Å². The van der Waals surface area contributed by atoms with E-state index >= 15 is 0 Å². The van der Waals surface area contributed by atoms with Crippen molar-refractivity contribution in [2.45, 2.75) is 116 Å². The molecule has 2 N–H and O–H groups in total. The predicted octanol–water partition coefficient (Wildman–Crippen LogP) is 6.74. The first-order chi connectivity index (χ1) is 11.0. The molecule has 0 radical (unpaired) electrons. The molecule has 2 atom stereocenters. The molecule has 0 aliphatic rings. The van der Waals surface area contributed by atoms with Gasteiger partial charge in [0, 0.05) is 0 Å². The first-order valence-electron chi connectivity index (χ1n) is 9.94. The van der Waals surface area contributed by atoms with Crippen LogP contribution in [0.1, 0.15) is 111 Å². The van der Waals surface area contributed by atoms with E-state index in [1.165, 1.54) is 57.8 Å². The quantitative estimate of drug-likeness (QED) is 0.240. The summed E-state index contributed by atoms with van der Waals surface area (Å²) in [5.74, 6) is 0.0422. The molecule has 2 nitrogen and oxygen atoms in total. The summed E-state index contributed by atoms with van der Waals surface area (Å²) in [6.45, 7) is 6.37. The summed E-state index contributed by atoms with van der Waals surface area (Å²) < 4.78 is 0. The molecule has 0 aromatic heterocycles. The smallest absolute Gasteiger partial charge is 0.189 e. The van der Waals surface area contributed by atoms with E-state index in [1.807, 2.05) is 6.92 Å². The Balaban J connectivity index is 3.75. The molecule has 23 heavy (non-hydrogen) atoms. The molecule has 3 heteroatoms. The topological polar surface area (TPSA) is 40.5 Å². The molecule has 0 rings (SSSR count). The molecular weight excluding hydrogens is 304 g/mol. The molecule has 0 aromatic carbocycles. The Kier molecular flexibility index (Phi) is 14.1. The first kappa shape index (κ1) is 22.9. The fraction of sp³-hybridized carbons (Fsp3) is 0.950. The minimum atomic E-state index is -1.16. The van der Waals surface area contributed by atoms with Crippen molar-refractivity contribution in [1.29, 1.82) is 0 Å². The van der Waals surface area contributed by atoms with E-state index in [0.717, 1.165) is 25.7 Å². The summed E-state index contributed by atoms with van der Waals surface area (Å²) in [4.78, 5) is 0. The first-order valence-corrected chi connectivity index (χ1v) is 10.4. The van der Waals surface area contributed by atoms with Crippen LogP contribution < -0.4 is 0 Å². The zero-order valence-electron chi connectivity index (χ0n) is 15.8. The molecule has 0 unspecified atom stereocenters. The molecule has 0 amide bonds. The standard InChI is InChI=1S/C20H40O2S/c1-4-6-8-9-10-11-12-13-14-15-16-18(3)20(22,19(21)23)17-7-5-2/h18,22H,4-17H2,1-3H3,(H,21,23)/t18-,20-/m0/s1. The number of aliphatic hydroxyl groups is 2. The fourth-order valence-corrected chi connectivity index (χ4v) is 3.49. The van der Waals surface area contributed by atoms with Crippen molar-refractivity contribution in [2.75, 3.05) is 0 Å². The van der Waals surface area contributed by atoms with E-state index < -0.39 is 5.60 Å². The van der Waals surface area contributed by atoms with Gasteiger partial charge in [0.2, 0.25) is 0 Å². The van der Waals surface area contributed by atoms with Crippen molar-refractivity contribution in [3.05, 3.63) is 0 Å². The molecule has 0 fully saturated rings. The second kappa shape index (κ2) is 14.2.